The molecule has 1 amide bonds. The zero-order chi connectivity index (χ0) is 17.0. The number of benzene rings is 2. The lowest BCUT2D eigenvalue weighted by molar-refractivity contribution is -0.384. The number of hydrogen-bond acceptors (Lipinski definition) is 4. The molecule has 0 saturated heterocycles. The highest BCUT2D eigenvalue weighted by atomic mass is 35.5. The summed E-state index contributed by atoms with van der Waals surface area (Å²) >= 11 is 6.14. The highest BCUT2D eigenvalue weighted by Crippen LogP contribution is 2.22. The van der Waals surface area contributed by atoms with E-state index in [1.54, 1.807) is 44.4 Å². The monoisotopic (exact) mass is 333 g/mol. The van der Waals surface area contributed by atoms with Crippen molar-refractivity contribution in [1.82, 2.24) is 4.90 Å². The summed E-state index contributed by atoms with van der Waals surface area (Å²) in [5.41, 5.74) is 2.17. The first kappa shape index (κ1) is 16.8. The molecular formula is C16H16ClN3O3. The van der Waals surface area contributed by atoms with Crippen molar-refractivity contribution < 1.29 is 9.72 Å². The molecule has 0 radical (unpaired) electrons. The van der Waals surface area contributed by atoms with Gasteiger partial charge in [0.05, 0.1) is 15.5 Å². The summed E-state index contributed by atoms with van der Waals surface area (Å²) in [7, 11) is 3.33. The van der Waals surface area contributed by atoms with Crippen LogP contribution in [0.25, 0.3) is 0 Å². The van der Waals surface area contributed by atoms with Crippen molar-refractivity contribution in [2.24, 2.45) is 0 Å². The minimum atomic E-state index is -0.433. The second kappa shape index (κ2) is 7.11. The lowest BCUT2D eigenvalue weighted by atomic mass is 10.1. The molecule has 0 saturated carbocycles. The van der Waals surface area contributed by atoms with Crippen LogP contribution in [0.3, 0.4) is 0 Å². The van der Waals surface area contributed by atoms with E-state index in [0.717, 1.165) is 11.3 Å². The number of amides is 1. The van der Waals surface area contributed by atoms with E-state index in [1.807, 2.05) is 0 Å². The van der Waals surface area contributed by atoms with Gasteiger partial charge < -0.3 is 10.2 Å². The van der Waals surface area contributed by atoms with Crippen LogP contribution >= 0.6 is 11.6 Å². The van der Waals surface area contributed by atoms with Crippen LogP contribution in [0, 0.1) is 10.1 Å². The summed E-state index contributed by atoms with van der Waals surface area (Å²) in [6.07, 6.45) is 0. The minimum Gasteiger partial charge on any atom is -0.381 e. The molecule has 6 nitrogen and oxygen atoms in total. The maximum Gasteiger partial charge on any atom is 0.269 e. The van der Waals surface area contributed by atoms with E-state index in [1.165, 1.54) is 17.0 Å². The fourth-order valence-electron chi connectivity index (χ4n) is 1.98. The maximum absolute atomic E-state index is 11.9. The molecule has 2 rings (SSSR count). The van der Waals surface area contributed by atoms with Crippen LogP contribution < -0.4 is 5.32 Å². The molecule has 23 heavy (non-hydrogen) atoms. The fraction of sp³-hybridized carbons (Fsp3) is 0.188. The van der Waals surface area contributed by atoms with Gasteiger partial charge in [0, 0.05) is 38.5 Å². The van der Waals surface area contributed by atoms with E-state index in [9.17, 15) is 14.9 Å². The van der Waals surface area contributed by atoms with Gasteiger partial charge in [-0.2, -0.15) is 0 Å². The quantitative estimate of drug-likeness (QED) is 0.670. The van der Waals surface area contributed by atoms with Gasteiger partial charge in [0.25, 0.3) is 11.6 Å². The summed E-state index contributed by atoms with van der Waals surface area (Å²) in [5, 5.41) is 14.1. The van der Waals surface area contributed by atoms with Gasteiger partial charge in [-0.15, -0.1) is 0 Å². The van der Waals surface area contributed by atoms with Gasteiger partial charge in [-0.1, -0.05) is 23.7 Å². The van der Waals surface area contributed by atoms with E-state index in [-0.39, 0.29) is 11.6 Å². The summed E-state index contributed by atoms with van der Waals surface area (Å²) in [5.74, 6) is -0.156. The third-order valence-electron chi connectivity index (χ3n) is 3.25. The molecule has 0 aliphatic rings. The smallest absolute Gasteiger partial charge is 0.269 e. The number of carbonyl (C=O) groups excluding carboxylic acids is 1. The third kappa shape index (κ3) is 4.20. The van der Waals surface area contributed by atoms with Gasteiger partial charge >= 0.3 is 0 Å². The normalized spacial score (nSPS) is 10.2. The molecular weight excluding hydrogens is 318 g/mol. The Kier molecular flexibility index (Phi) is 5.18. The molecule has 1 N–H and O–H groups in total. The zero-order valence-corrected chi connectivity index (χ0v) is 13.5. The number of anilines is 1. The number of carbonyl (C=O) groups is 1. The summed E-state index contributed by atoms with van der Waals surface area (Å²) in [4.78, 5) is 23.5. The van der Waals surface area contributed by atoms with Crippen LogP contribution in [-0.2, 0) is 6.54 Å². The fourth-order valence-corrected chi connectivity index (χ4v) is 2.24. The van der Waals surface area contributed by atoms with Crippen molar-refractivity contribution in [1.29, 1.82) is 0 Å². The topological polar surface area (TPSA) is 75.5 Å². The number of rotatable bonds is 5. The van der Waals surface area contributed by atoms with Crippen LogP contribution in [0.4, 0.5) is 11.4 Å². The Morgan fingerprint density at radius 2 is 1.87 bits per heavy atom. The Labute approximate surface area is 138 Å². The highest BCUT2D eigenvalue weighted by Gasteiger charge is 2.12. The minimum absolute atomic E-state index is 0.0587. The van der Waals surface area contributed by atoms with E-state index in [0.29, 0.717) is 17.1 Å². The molecule has 120 valence electrons. The van der Waals surface area contributed by atoms with Crippen LogP contribution in [0.1, 0.15) is 15.9 Å². The highest BCUT2D eigenvalue weighted by molar-refractivity contribution is 6.34. The van der Waals surface area contributed by atoms with Crippen molar-refractivity contribution >= 4 is 28.9 Å². The van der Waals surface area contributed by atoms with Crippen molar-refractivity contribution in [3.63, 3.8) is 0 Å². The number of nitrogens with zero attached hydrogens (tertiary/aromatic N) is 2. The second-order valence-electron chi connectivity index (χ2n) is 5.17. The van der Waals surface area contributed by atoms with Crippen molar-refractivity contribution in [3.8, 4) is 0 Å². The number of nitro benzene ring substituents is 1. The van der Waals surface area contributed by atoms with Crippen molar-refractivity contribution in [3.05, 3.63) is 68.7 Å². The predicted octanol–water partition coefficient (Wildman–Crippen LogP) is 3.56. The van der Waals surface area contributed by atoms with Crippen LogP contribution in [0.5, 0.6) is 0 Å². The van der Waals surface area contributed by atoms with Crippen LogP contribution in [0.15, 0.2) is 42.5 Å². The van der Waals surface area contributed by atoms with Gasteiger partial charge in [0.1, 0.15) is 0 Å². The third-order valence-corrected chi connectivity index (χ3v) is 3.56. The van der Waals surface area contributed by atoms with Gasteiger partial charge in [0.15, 0.2) is 0 Å². The maximum atomic E-state index is 11.9. The second-order valence-corrected chi connectivity index (χ2v) is 5.58. The first-order valence-corrected chi connectivity index (χ1v) is 7.24. The van der Waals surface area contributed by atoms with Gasteiger partial charge in [0.2, 0.25) is 0 Å². The molecule has 2 aromatic carbocycles. The van der Waals surface area contributed by atoms with Crippen LogP contribution in [-0.4, -0.2) is 29.8 Å². The summed E-state index contributed by atoms with van der Waals surface area (Å²) < 4.78 is 0. The molecule has 0 bridgehead atoms. The Morgan fingerprint density at radius 1 is 1.22 bits per heavy atom. The molecule has 0 fully saturated rings. The molecule has 0 unspecified atom stereocenters. The molecule has 0 aliphatic carbocycles. The molecule has 0 heterocycles. The molecule has 0 spiro atoms. The SMILES string of the molecule is CN(C)C(=O)c1ccc(NCc2ccc([N+](=O)[O-])cc2)cc1Cl. The average Bonchev–Trinajstić information content (AvgIpc) is 2.52. The van der Waals surface area contributed by atoms with Gasteiger partial charge in [-0.25, -0.2) is 0 Å². The molecule has 0 atom stereocenters. The van der Waals surface area contributed by atoms with E-state index >= 15 is 0 Å². The molecule has 0 aliphatic heterocycles. The number of halogens is 1. The lowest BCUT2D eigenvalue weighted by Crippen LogP contribution is -2.22. The van der Waals surface area contributed by atoms with Gasteiger partial charge in [-0.3, -0.25) is 14.9 Å². The number of nitro groups is 1. The van der Waals surface area contributed by atoms with Crippen molar-refractivity contribution in [2.45, 2.75) is 6.54 Å². The van der Waals surface area contributed by atoms with Gasteiger partial charge in [-0.05, 0) is 23.8 Å². The molecule has 0 aromatic heterocycles. The zero-order valence-electron chi connectivity index (χ0n) is 12.7. The lowest BCUT2D eigenvalue weighted by Gasteiger charge is -2.13. The molecule has 7 heteroatoms. The Hall–Kier alpha value is -2.60. The van der Waals surface area contributed by atoms with Crippen molar-refractivity contribution in [2.75, 3.05) is 19.4 Å². The predicted molar refractivity (Wildman–Crippen MR) is 89.9 cm³/mol. The largest absolute Gasteiger partial charge is 0.381 e. The average molecular weight is 334 g/mol. The van der Waals surface area contributed by atoms with E-state index in [2.05, 4.69) is 5.32 Å². The first-order chi connectivity index (χ1) is 10.9. The molecule has 2 aromatic rings. The Morgan fingerprint density at radius 3 is 2.39 bits per heavy atom. The number of nitrogens with one attached hydrogen (secondary N) is 1. The Balaban J connectivity index is 2.05. The number of non-ortho nitro benzene ring substituents is 1. The van der Waals surface area contributed by atoms with E-state index in [4.69, 9.17) is 11.6 Å². The van der Waals surface area contributed by atoms with Crippen LogP contribution in [0.2, 0.25) is 5.02 Å². The Bertz CT molecular complexity index is 730. The van der Waals surface area contributed by atoms with E-state index < -0.39 is 4.92 Å². The number of hydrogen-bond donors (Lipinski definition) is 1. The standard InChI is InChI=1S/C16H16ClN3O3/c1-19(2)16(21)14-8-5-12(9-15(14)17)18-10-11-3-6-13(7-4-11)20(22)23/h3-9,18H,10H2,1-2H3. The first-order valence-electron chi connectivity index (χ1n) is 6.87. The summed E-state index contributed by atoms with van der Waals surface area (Å²) in [6.45, 7) is 0.495. The summed E-state index contributed by atoms with van der Waals surface area (Å²) in [6, 6.07) is 11.4.